The van der Waals surface area contributed by atoms with Crippen LogP contribution in [0.15, 0.2) is 0 Å². The first-order chi connectivity index (χ1) is 10.9. The summed E-state index contributed by atoms with van der Waals surface area (Å²) in [7, 11) is -20.0. The van der Waals surface area contributed by atoms with Gasteiger partial charge in [-0.3, -0.25) is 0 Å². The van der Waals surface area contributed by atoms with Gasteiger partial charge in [0, 0.05) is 0 Å². The topological polar surface area (TPSA) is 84.0 Å². The Morgan fingerprint density at radius 1 is 0.731 bits per heavy atom. The van der Waals surface area contributed by atoms with Crippen LogP contribution in [-0.2, 0) is 24.2 Å². The molecule has 1 fully saturated rings. The molecule has 0 unspecified atom stereocenters. The van der Waals surface area contributed by atoms with Gasteiger partial charge in [0.1, 0.15) is 0 Å². The third-order valence-corrected chi connectivity index (χ3v) is 48.0. The molecule has 1 aliphatic rings. The summed E-state index contributed by atoms with van der Waals surface area (Å²) in [5, 5.41) is 0. The van der Waals surface area contributed by atoms with Crippen molar-refractivity contribution in [2.45, 2.75) is 47.1 Å². The van der Waals surface area contributed by atoms with Crippen LogP contribution in [0.4, 0.5) is 26.3 Å². The van der Waals surface area contributed by atoms with Crippen LogP contribution in [0.3, 0.4) is 0 Å². The van der Waals surface area contributed by atoms with Crippen LogP contribution >= 0.6 is 0 Å². The van der Waals surface area contributed by atoms with Crippen LogP contribution < -0.4 is 0 Å². The molecule has 26 heavy (non-hydrogen) atoms. The Balaban J connectivity index is 3.89. The van der Waals surface area contributed by atoms with E-state index >= 15 is 0 Å². The maximum absolute atomic E-state index is 13.1. The minimum absolute atomic E-state index is 0.0454. The van der Waals surface area contributed by atoms with E-state index in [1.54, 1.807) is 0 Å². The first-order valence-corrected chi connectivity index (χ1v) is 23.7. The van der Waals surface area contributed by atoms with Gasteiger partial charge in [-0.25, -0.2) is 0 Å². The van der Waals surface area contributed by atoms with E-state index in [2.05, 4.69) is 0 Å². The Bertz CT molecular complexity index is 731. The van der Waals surface area contributed by atoms with Crippen molar-refractivity contribution in [2.24, 2.45) is 0 Å². The average Bonchev–Trinajstić information content (AvgIpc) is 2.17. The van der Waals surface area contributed by atoms with E-state index in [0.29, 0.717) is 0 Å². The summed E-state index contributed by atoms with van der Waals surface area (Å²) in [6, 6.07) is 0. The molecule has 0 spiro atoms. The number of halogens is 6. The minimum atomic E-state index is -6.09. The zero-order valence-electron chi connectivity index (χ0n) is 14.5. The van der Waals surface area contributed by atoms with Crippen LogP contribution in [0.2, 0.25) is 36.1 Å². The second-order valence-electron chi connectivity index (χ2n) is 6.92. The van der Waals surface area contributed by atoms with E-state index in [4.69, 9.17) is 4.12 Å². The monoisotopic (exact) mass is 576 g/mol. The molecule has 0 aliphatic carbocycles. The van der Waals surface area contributed by atoms with Crippen molar-refractivity contribution >= 4 is 55.9 Å². The van der Waals surface area contributed by atoms with Gasteiger partial charge in [0.05, 0.1) is 0 Å². The van der Waals surface area contributed by atoms with Crippen LogP contribution in [0.25, 0.3) is 0 Å². The summed E-state index contributed by atoms with van der Waals surface area (Å²) < 4.78 is 133. The Kier molecular flexibility index (Phi) is 5.96. The fourth-order valence-corrected chi connectivity index (χ4v) is 60.8. The molecule has 1 heterocycles. The second-order valence-corrected chi connectivity index (χ2v) is 34.1. The van der Waals surface area contributed by atoms with Gasteiger partial charge in [0.25, 0.3) is 0 Å². The zero-order valence-corrected chi connectivity index (χ0v) is 21.0. The molecule has 156 valence electrons. The molecular weight excluding hydrogens is 557 g/mol. The van der Waals surface area contributed by atoms with Gasteiger partial charge in [-0.2, -0.15) is 0 Å². The molecule has 0 saturated carbocycles. The van der Waals surface area contributed by atoms with E-state index in [0.717, 1.165) is 36.1 Å². The fourth-order valence-electron chi connectivity index (χ4n) is 3.47. The molecule has 0 radical (unpaired) electrons. The van der Waals surface area contributed by atoms with Gasteiger partial charge in [0.15, 0.2) is 0 Å². The van der Waals surface area contributed by atoms with Crippen molar-refractivity contribution in [2.75, 3.05) is 0 Å². The van der Waals surface area contributed by atoms with Gasteiger partial charge in [-0.15, -0.1) is 0 Å². The maximum atomic E-state index is 13.1. The van der Waals surface area contributed by atoms with Gasteiger partial charge in [-0.1, -0.05) is 0 Å². The van der Waals surface area contributed by atoms with Crippen LogP contribution in [-0.4, -0.2) is 68.1 Å². The Morgan fingerprint density at radius 2 is 0.962 bits per heavy atom. The van der Waals surface area contributed by atoms with Crippen molar-refractivity contribution in [3.63, 3.8) is 0 Å². The summed E-state index contributed by atoms with van der Waals surface area (Å²) in [5.74, 6) is 0. The average molecular weight is 575 g/mol. The van der Waals surface area contributed by atoms with E-state index in [1.165, 1.54) is 0 Å². The van der Waals surface area contributed by atoms with Gasteiger partial charge in [-0.05, 0) is 0 Å². The van der Waals surface area contributed by atoms with Crippen molar-refractivity contribution in [1.82, 2.24) is 4.38 Å². The number of alkyl halides is 6. The molecule has 0 aromatic heterocycles. The molecule has 18 heteroatoms. The van der Waals surface area contributed by atoms with Gasteiger partial charge >= 0.3 is 155 Å². The standard InChI is InChI=1S/C6H12F6N2O5S2Si2.2CH3.Sn/c1-22(2,13-20(15,16)5(7,8)9)19-23(3,4)14-21(17,18)6(10,11)12;;;/h1-4H3;2*1H3;/q-2;;;+2. The molecule has 0 amide bonds. The van der Waals surface area contributed by atoms with Crippen molar-refractivity contribution in [3.05, 3.63) is 0 Å². The van der Waals surface area contributed by atoms with E-state index < -0.39 is 66.9 Å². The summed E-state index contributed by atoms with van der Waals surface area (Å²) in [5.41, 5.74) is -11.6. The molecule has 1 saturated heterocycles. The zero-order chi connectivity index (χ0) is 21.4. The third kappa shape index (κ3) is 3.73. The normalized spacial score (nSPS) is 25.2. The Morgan fingerprint density at radius 3 is 1.15 bits per heavy atom. The number of hydrogen-bond donors (Lipinski definition) is 0. The van der Waals surface area contributed by atoms with Crippen molar-refractivity contribution in [3.8, 4) is 0 Å². The molecule has 7 nitrogen and oxygen atoms in total. The fraction of sp³-hybridized carbons (Fsp3) is 1.00. The number of sulfonamides is 2. The first-order valence-electron chi connectivity index (χ1n) is 6.88. The van der Waals surface area contributed by atoms with Crippen LogP contribution in [0.5, 0.6) is 0 Å². The Labute approximate surface area is 154 Å². The van der Waals surface area contributed by atoms with E-state index in [-0.39, 0.29) is 4.38 Å². The van der Waals surface area contributed by atoms with Gasteiger partial charge in [0.2, 0.25) is 0 Å². The molecule has 1 rings (SSSR count). The molecule has 0 aromatic carbocycles. The Hall–Kier alpha value is 0.592. The quantitative estimate of drug-likeness (QED) is 0.374. The van der Waals surface area contributed by atoms with E-state index in [9.17, 15) is 43.2 Å². The molecule has 0 bridgehead atoms. The second kappa shape index (κ2) is 6.29. The molecular formula is C8H18F6N2O5S2Si2Sn. The summed E-state index contributed by atoms with van der Waals surface area (Å²) >= 11 is -5.52. The summed E-state index contributed by atoms with van der Waals surface area (Å²) in [6.07, 6.45) is 0. The predicted molar refractivity (Wildman–Crippen MR) is 87.2 cm³/mol. The van der Waals surface area contributed by atoms with Crippen molar-refractivity contribution in [1.29, 1.82) is 0 Å². The van der Waals surface area contributed by atoms with E-state index in [1.807, 2.05) is 0 Å². The number of rotatable bonds is 2. The van der Waals surface area contributed by atoms with Crippen molar-refractivity contribution < 1.29 is 47.3 Å². The SMILES string of the molecule is C[Si]1(C)O[Si](C)(C)[N](S(=O)(=O)C(F)(F)F)[Sn]([CH3])([CH3])[N]1S(=O)(=O)C(F)(F)F. The van der Waals surface area contributed by atoms with Crippen LogP contribution in [0, 0.1) is 0 Å². The third-order valence-electron chi connectivity index (χ3n) is 3.54. The molecule has 1 aliphatic heterocycles. The van der Waals surface area contributed by atoms with Crippen LogP contribution in [0.1, 0.15) is 0 Å². The first kappa shape index (κ1) is 24.6. The number of hydrogen-bond acceptors (Lipinski definition) is 5. The molecule has 0 N–H and O–H groups in total. The molecule has 0 aromatic rings. The predicted octanol–water partition coefficient (Wildman–Crippen LogP) is 2.43. The number of nitrogens with zero attached hydrogens (tertiary/aromatic N) is 2. The summed E-state index contributed by atoms with van der Waals surface area (Å²) in [6.45, 7) is 4.39. The molecule has 0 atom stereocenters. The van der Waals surface area contributed by atoms with Gasteiger partial charge < -0.3 is 0 Å². The summed E-state index contributed by atoms with van der Waals surface area (Å²) in [4.78, 5) is 1.79.